The van der Waals surface area contributed by atoms with Crippen LogP contribution in [0.3, 0.4) is 0 Å². The van der Waals surface area contributed by atoms with E-state index in [9.17, 15) is 0 Å². The van der Waals surface area contributed by atoms with E-state index in [1.807, 2.05) is 0 Å². The molecular formula is C39H30N2. The molecule has 196 valence electrons. The molecule has 0 fully saturated rings. The molecule has 1 unspecified atom stereocenters. The Bertz CT molecular complexity index is 2190. The van der Waals surface area contributed by atoms with Crippen LogP contribution in [0.25, 0.3) is 55.7 Å². The Balaban J connectivity index is 1.36. The Morgan fingerprint density at radius 3 is 1.88 bits per heavy atom. The van der Waals surface area contributed by atoms with Crippen molar-refractivity contribution in [3.05, 3.63) is 144 Å². The summed E-state index contributed by atoms with van der Waals surface area (Å²) in [4.78, 5) is 0. The van der Waals surface area contributed by atoms with Crippen molar-refractivity contribution in [1.29, 1.82) is 0 Å². The highest BCUT2D eigenvalue weighted by Crippen LogP contribution is 2.56. The van der Waals surface area contributed by atoms with Gasteiger partial charge in [0.25, 0.3) is 0 Å². The summed E-state index contributed by atoms with van der Waals surface area (Å²) in [5.41, 5.74) is 13.4. The maximum absolute atomic E-state index is 2.52. The summed E-state index contributed by atoms with van der Waals surface area (Å²) in [6, 6.07) is 44.4. The Morgan fingerprint density at radius 1 is 0.585 bits per heavy atom. The molecule has 2 heteroatoms. The van der Waals surface area contributed by atoms with Crippen molar-refractivity contribution in [3.8, 4) is 11.4 Å². The second-order valence-corrected chi connectivity index (χ2v) is 12.2. The second-order valence-electron chi connectivity index (χ2n) is 12.2. The zero-order chi connectivity index (χ0) is 27.3. The van der Waals surface area contributed by atoms with Crippen molar-refractivity contribution in [2.24, 2.45) is 5.92 Å². The smallest absolute Gasteiger partial charge is 0.0547 e. The molecule has 7 aromatic rings. The van der Waals surface area contributed by atoms with Gasteiger partial charge in [-0.25, -0.2) is 0 Å². The summed E-state index contributed by atoms with van der Waals surface area (Å²) in [5.74, 6) is 0.433. The summed E-state index contributed by atoms with van der Waals surface area (Å²) in [6.07, 6.45) is 3.57. The van der Waals surface area contributed by atoms with Gasteiger partial charge in [-0.1, -0.05) is 86.6 Å². The number of aromatic nitrogens is 2. The van der Waals surface area contributed by atoms with Crippen LogP contribution in [0.5, 0.6) is 0 Å². The van der Waals surface area contributed by atoms with Crippen molar-refractivity contribution in [3.63, 3.8) is 0 Å². The number of hydrogen-bond acceptors (Lipinski definition) is 0. The fraction of sp³-hybridized carbons (Fsp3) is 0.128. The highest BCUT2D eigenvalue weighted by molar-refractivity contribution is 6.11. The highest BCUT2D eigenvalue weighted by atomic mass is 15.0. The van der Waals surface area contributed by atoms with E-state index in [4.69, 9.17) is 0 Å². The van der Waals surface area contributed by atoms with Crippen LogP contribution in [0.4, 0.5) is 0 Å². The second kappa shape index (κ2) is 8.11. The van der Waals surface area contributed by atoms with E-state index in [-0.39, 0.29) is 5.41 Å². The third kappa shape index (κ3) is 3.02. The van der Waals surface area contributed by atoms with Gasteiger partial charge in [-0.05, 0) is 94.6 Å². The first kappa shape index (κ1) is 22.9. The Kier molecular flexibility index (Phi) is 4.54. The van der Waals surface area contributed by atoms with Crippen LogP contribution in [0.1, 0.15) is 36.2 Å². The van der Waals surface area contributed by atoms with Gasteiger partial charge in [0.05, 0.1) is 22.2 Å². The number of para-hydroxylation sites is 4. The van der Waals surface area contributed by atoms with Gasteiger partial charge in [0, 0.05) is 27.5 Å². The number of allylic oxidation sites excluding steroid dienone is 1. The van der Waals surface area contributed by atoms with Crippen molar-refractivity contribution in [2.75, 3.05) is 0 Å². The van der Waals surface area contributed by atoms with Crippen LogP contribution < -0.4 is 0 Å². The number of rotatable bonds is 2. The molecule has 2 aliphatic carbocycles. The van der Waals surface area contributed by atoms with Crippen molar-refractivity contribution in [2.45, 2.75) is 25.7 Å². The minimum absolute atomic E-state index is 0.0267. The minimum atomic E-state index is 0.0267. The first-order valence-corrected chi connectivity index (χ1v) is 14.6. The van der Waals surface area contributed by atoms with E-state index in [0.717, 1.165) is 6.42 Å². The normalized spacial score (nSPS) is 17.0. The standard InChI is InChI=1S/C39H30N2/c1-39(2)33-21-31-27-17-9-11-19-35(27)40(25-13-5-3-6-14-25)37(31)23-29(33)30-24-38-32(22-34(30)39)28-18-10-12-20-36(28)41(38)26-15-7-4-8-16-26/h3-21,23-24,34H,22H2,1-2H3. The number of nitrogens with zero attached hydrogens (tertiary/aromatic N) is 2. The van der Waals surface area contributed by atoms with E-state index in [1.165, 1.54) is 72.0 Å². The average Bonchev–Trinajstić information content (AvgIpc) is 3.59. The number of fused-ring (bicyclic) bond motifs is 9. The van der Waals surface area contributed by atoms with E-state index in [1.54, 1.807) is 0 Å². The van der Waals surface area contributed by atoms with Crippen LogP contribution in [-0.4, -0.2) is 9.13 Å². The summed E-state index contributed by atoms with van der Waals surface area (Å²) in [6.45, 7) is 4.92. The summed E-state index contributed by atoms with van der Waals surface area (Å²) < 4.78 is 4.92. The van der Waals surface area contributed by atoms with Gasteiger partial charge in [0.1, 0.15) is 0 Å². The van der Waals surface area contributed by atoms with Gasteiger partial charge < -0.3 is 9.13 Å². The molecular weight excluding hydrogens is 496 g/mol. The van der Waals surface area contributed by atoms with E-state index in [2.05, 4.69) is 150 Å². The van der Waals surface area contributed by atoms with Crippen molar-refractivity contribution >= 4 is 44.4 Å². The van der Waals surface area contributed by atoms with Crippen LogP contribution in [0.15, 0.2) is 121 Å². The van der Waals surface area contributed by atoms with Gasteiger partial charge in [0.2, 0.25) is 0 Å². The van der Waals surface area contributed by atoms with E-state index >= 15 is 0 Å². The molecule has 9 rings (SSSR count). The molecule has 2 aromatic heterocycles. The Hall–Kier alpha value is -4.82. The maximum atomic E-state index is 2.52. The van der Waals surface area contributed by atoms with Gasteiger partial charge in [-0.3, -0.25) is 0 Å². The lowest BCUT2D eigenvalue weighted by atomic mass is 9.72. The Morgan fingerprint density at radius 2 is 1.17 bits per heavy atom. The zero-order valence-corrected chi connectivity index (χ0v) is 23.3. The highest BCUT2D eigenvalue weighted by Gasteiger charge is 2.45. The summed E-state index contributed by atoms with van der Waals surface area (Å²) in [5, 5.41) is 4.03. The first-order chi connectivity index (χ1) is 20.1. The van der Waals surface area contributed by atoms with Gasteiger partial charge in [-0.15, -0.1) is 0 Å². The molecule has 0 saturated carbocycles. The van der Waals surface area contributed by atoms with E-state index < -0.39 is 0 Å². The maximum Gasteiger partial charge on any atom is 0.0547 e. The van der Waals surface area contributed by atoms with Crippen LogP contribution in [0.2, 0.25) is 0 Å². The van der Waals surface area contributed by atoms with Gasteiger partial charge in [0.15, 0.2) is 0 Å². The predicted octanol–water partition coefficient (Wildman–Crippen LogP) is 9.73. The third-order valence-corrected chi connectivity index (χ3v) is 9.81. The van der Waals surface area contributed by atoms with Crippen molar-refractivity contribution < 1.29 is 0 Å². The minimum Gasteiger partial charge on any atom is -0.310 e. The molecule has 2 aliphatic rings. The molecule has 0 amide bonds. The lowest BCUT2D eigenvalue weighted by Gasteiger charge is -2.31. The fourth-order valence-corrected chi connectivity index (χ4v) is 7.85. The Labute approximate surface area is 239 Å². The van der Waals surface area contributed by atoms with Crippen LogP contribution in [0, 0.1) is 5.92 Å². The van der Waals surface area contributed by atoms with Gasteiger partial charge >= 0.3 is 0 Å². The van der Waals surface area contributed by atoms with Gasteiger partial charge in [-0.2, -0.15) is 0 Å². The molecule has 0 N–H and O–H groups in total. The molecule has 0 radical (unpaired) electrons. The molecule has 41 heavy (non-hydrogen) atoms. The quantitative estimate of drug-likeness (QED) is 0.212. The van der Waals surface area contributed by atoms with Crippen LogP contribution >= 0.6 is 0 Å². The molecule has 0 spiro atoms. The molecule has 2 nitrogen and oxygen atoms in total. The largest absolute Gasteiger partial charge is 0.310 e. The van der Waals surface area contributed by atoms with Crippen LogP contribution in [-0.2, 0) is 11.8 Å². The number of benzene rings is 5. The predicted molar refractivity (Wildman–Crippen MR) is 172 cm³/mol. The average molecular weight is 527 g/mol. The summed E-state index contributed by atoms with van der Waals surface area (Å²) >= 11 is 0. The molecule has 5 aromatic carbocycles. The van der Waals surface area contributed by atoms with Crippen molar-refractivity contribution in [1.82, 2.24) is 9.13 Å². The van der Waals surface area contributed by atoms with E-state index in [0.29, 0.717) is 5.92 Å². The monoisotopic (exact) mass is 526 g/mol. The molecule has 0 aliphatic heterocycles. The molecule has 1 atom stereocenters. The summed E-state index contributed by atoms with van der Waals surface area (Å²) in [7, 11) is 0. The fourth-order valence-electron chi connectivity index (χ4n) is 7.85. The zero-order valence-electron chi connectivity index (χ0n) is 23.3. The number of hydrogen-bond donors (Lipinski definition) is 0. The first-order valence-electron chi connectivity index (χ1n) is 14.6. The topological polar surface area (TPSA) is 9.86 Å². The molecule has 0 saturated heterocycles. The lowest BCUT2D eigenvalue weighted by molar-refractivity contribution is 0.410. The lowest BCUT2D eigenvalue weighted by Crippen LogP contribution is -2.27. The molecule has 0 bridgehead atoms. The molecule has 2 heterocycles. The third-order valence-electron chi connectivity index (χ3n) is 9.81. The SMILES string of the molecule is CC1(C)c2cc3c4ccccc4n(-c4ccccc4)c3cc2C2=Cc3c(c4ccccc4n3-c3ccccc3)CC21.